The van der Waals surface area contributed by atoms with Gasteiger partial charge < -0.3 is 20.4 Å². The number of aliphatic imine (C=N–C) groups is 1. The standard InChI is InChI=1S/C21H43N5/c1-18(2)16-26-11-5-7-20(17-26)15-24-21(22-4)23-10-6-12-25-13-8-19(3)9-14-25/h18-20H,5-17H2,1-4H3,(H2,22,23,24). The molecule has 2 fully saturated rings. The van der Waals surface area contributed by atoms with E-state index in [0.717, 1.165) is 36.8 Å². The Kier molecular flexibility index (Phi) is 9.76. The van der Waals surface area contributed by atoms with Crippen molar-refractivity contribution in [1.82, 2.24) is 20.4 Å². The van der Waals surface area contributed by atoms with Crippen LogP contribution in [0.5, 0.6) is 0 Å². The second-order valence-corrected chi connectivity index (χ2v) is 8.92. The number of likely N-dealkylation sites (tertiary alicyclic amines) is 2. The van der Waals surface area contributed by atoms with Crippen LogP contribution in [0.15, 0.2) is 4.99 Å². The second-order valence-electron chi connectivity index (χ2n) is 8.92. The molecule has 0 saturated carbocycles. The fourth-order valence-corrected chi connectivity index (χ4v) is 4.26. The Hall–Kier alpha value is -0.810. The van der Waals surface area contributed by atoms with Crippen molar-refractivity contribution >= 4 is 5.96 Å². The highest BCUT2D eigenvalue weighted by molar-refractivity contribution is 5.79. The molecule has 0 aromatic carbocycles. The van der Waals surface area contributed by atoms with E-state index in [-0.39, 0.29) is 0 Å². The molecule has 0 aliphatic carbocycles. The summed E-state index contributed by atoms with van der Waals surface area (Å²) in [7, 11) is 1.88. The predicted octanol–water partition coefficient (Wildman–Crippen LogP) is 2.64. The number of guanidine groups is 1. The molecule has 2 saturated heterocycles. The number of hydrogen-bond donors (Lipinski definition) is 2. The van der Waals surface area contributed by atoms with Gasteiger partial charge in [0.25, 0.3) is 0 Å². The molecule has 0 amide bonds. The van der Waals surface area contributed by atoms with Crippen molar-refractivity contribution in [2.45, 2.75) is 52.9 Å². The minimum atomic E-state index is 0.747. The van der Waals surface area contributed by atoms with Gasteiger partial charge in [0.2, 0.25) is 0 Å². The van der Waals surface area contributed by atoms with Crippen molar-refractivity contribution in [3.63, 3.8) is 0 Å². The molecule has 2 aliphatic rings. The monoisotopic (exact) mass is 365 g/mol. The number of nitrogens with zero attached hydrogens (tertiary/aromatic N) is 3. The quantitative estimate of drug-likeness (QED) is 0.394. The smallest absolute Gasteiger partial charge is 0.190 e. The van der Waals surface area contributed by atoms with E-state index in [1.165, 1.54) is 71.4 Å². The lowest BCUT2D eigenvalue weighted by Gasteiger charge is -2.34. The molecule has 0 aromatic rings. The van der Waals surface area contributed by atoms with Gasteiger partial charge in [-0.3, -0.25) is 4.99 Å². The van der Waals surface area contributed by atoms with E-state index >= 15 is 0 Å². The molecule has 0 spiro atoms. The van der Waals surface area contributed by atoms with Gasteiger partial charge in [-0.25, -0.2) is 0 Å². The van der Waals surface area contributed by atoms with Crippen LogP contribution in [0.2, 0.25) is 0 Å². The molecule has 1 atom stereocenters. The van der Waals surface area contributed by atoms with E-state index in [2.05, 4.69) is 46.2 Å². The molecule has 0 aromatic heterocycles. The number of piperidine rings is 2. The van der Waals surface area contributed by atoms with Gasteiger partial charge in [0.15, 0.2) is 5.96 Å². The van der Waals surface area contributed by atoms with Crippen molar-refractivity contribution in [1.29, 1.82) is 0 Å². The van der Waals surface area contributed by atoms with E-state index in [4.69, 9.17) is 0 Å². The topological polar surface area (TPSA) is 42.9 Å². The number of rotatable bonds is 8. The van der Waals surface area contributed by atoms with Crippen molar-refractivity contribution < 1.29 is 0 Å². The van der Waals surface area contributed by atoms with E-state index in [9.17, 15) is 0 Å². The summed E-state index contributed by atoms with van der Waals surface area (Å²) < 4.78 is 0. The van der Waals surface area contributed by atoms with Crippen LogP contribution in [-0.2, 0) is 0 Å². The zero-order chi connectivity index (χ0) is 18.8. The molecule has 2 aliphatic heterocycles. The third kappa shape index (κ3) is 8.26. The Bertz CT molecular complexity index is 401. The molecular weight excluding hydrogens is 322 g/mol. The molecule has 0 radical (unpaired) electrons. The second kappa shape index (κ2) is 11.8. The molecule has 5 heteroatoms. The summed E-state index contributed by atoms with van der Waals surface area (Å²) in [6.45, 7) is 16.6. The molecule has 2 N–H and O–H groups in total. The van der Waals surface area contributed by atoms with Crippen LogP contribution in [0, 0.1) is 17.8 Å². The molecular formula is C21H43N5. The predicted molar refractivity (Wildman–Crippen MR) is 113 cm³/mol. The largest absolute Gasteiger partial charge is 0.356 e. The van der Waals surface area contributed by atoms with E-state index in [1.807, 2.05) is 7.05 Å². The highest BCUT2D eigenvalue weighted by Crippen LogP contribution is 2.17. The number of nitrogens with one attached hydrogen (secondary N) is 2. The third-order valence-electron chi connectivity index (χ3n) is 5.83. The Morgan fingerprint density at radius 2 is 1.85 bits per heavy atom. The van der Waals surface area contributed by atoms with E-state index in [1.54, 1.807) is 0 Å². The van der Waals surface area contributed by atoms with Gasteiger partial charge in [-0.05, 0) is 76.0 Å². The van der Waals surface area contributed by atoms with Crippen molar-refractivity contribution in [2.24, 2.45) is 22.7 Å². The molecule has 5 nitrogen and oxygen atoms in total. The summed E-state index contributed by atoms with van der Waals surface area (Å²) in [6.07, 6.45) is 6.60. The summed E-state index contributed by atoms with van der Waals surface area (Å²) in [5, 5.41) is 7.06. The summed E-state index contributed by atoms with van der Waals surface area (Å²) in [4.78, 5) is 9.65. The van der Waals surface area contributed by atoms with Crippen molar-refractivity contribution in [3.8, 4) is 0 Å². The molecule has 2 rings (SSSR count). The highest BCUT2D eigenvalue weighted by atomic mass is 15.2. The molecule has 1 unspecified atom stereocenters. The van der Waals surface area contributed by atoms with Crippen LogP contribution in [0.3, 0.4) is 0 Å². The first kappa shape index (κ1) is 21.5. The normalized spacial score (nSPS) is 24.2. The Balaban J connectivity index is 1.57. The fourth-order valence-electron chi connectivity index (χ4n) is 4.26. The van der Waals surface area contributed by atoms with Gasteiger partial charge in [-0.15, -0.1) is 0 Å². The molecule has 0 bridgehead atoms. The lowest BCUT2D eigenvalue weighted by Crippen LogP contribution is -2.45. The van der Waals surface area contributed by atoms with Gasteiger partial charge in [0, 0.05) is 33.2 Å². The Morgan fingerprint density at radius 3 is 2.54 bits per heavy atom. The SMILES string of the molecule is CN=C(NCCCN1CCC(C)CC1)NCC1CCCN(CC(C)C)C1. The van der Waals surface area contributed by atoms with Crippen LogP contribution >= 0.6 is 0 Å². The third-order valence-corrected chi connectivity index (χ3v) is 5.83. The molecule has 2 heterocycles. The maximum absolute atomic E-state index is 4.40. The fraction of sp³-hybridized carbons (Fsp3) is 0.952. The van der Waals surface area contributed by atoms with Crippen LogP contribution in [-0.4, -0.2) is 75.2 Å². The summed E-state index contributed by atoms with van der Waals surface area (Å²) in [5.41, 5.74) is 0. The van der Waals surface area contributed by atoms with Gasteiger partial charge in [-0.2, -0.15) is 0 Å². The van der Waals surface area contributed by atoms with Crippen LogP contribution < -0.4 is 10.6 Å². The van der Waals surface area contributed by atoms with Crippen molar-refractivity contribution in [3.05, 3.63) is 0 Å². The summed E-state index contributed by atoms with van der Waals surface area (Å²) >= 11 is 0. The lowest BCUT2D eigenvalue weighted by atomic mass is 9.97. The van der Waals surface area contributed by atoms with Gasteiger partial charge in [0.05, 0.1) is 0 Å². The Labute approximate surface area is 162 Å². The maximum atomic E-state index is 4.40. The van der Waals surface area contributed by atoms with Crippen LogP contribution in [0.4, 0.5) is 0 Å². The zero-order valence-corrected chi connectivity index (χ0v) is 17.8. The van der Waals surface area contributed by atoms with E-state index in [0.29, 0.717) is 0 Å². The van der Waals surface area contributed by atoms with E-state index < -0.39 is 0 Å². The first-order valence-corrected chi connectivity index (χ1v) is 11.0. The first-order valence-electron chi connectivity index (χ1n) is 11.0. The Morgan fingerprint density at radius 1 is 1.08 bits per heavy atom. The summed E-state index contributed by atoms with van der Waals surface area (Å²) in [6, 6.07) is 0. The molecule has 26 heavy (non-hydrogen) atoms. The van der Waals surface area contributed by atoms with Gasteiger partial charge in [-0.1, -0.05) is 20.8 Å². The maximum Gasteiger partial charge on any atom is 0.190 e. The first-order chi connectivity index (χ1) is 12.6. The lowest BCUT2D eigenvalue weighted by molar-refractivity contribution is 0.159. The van der Waals surface area contributed by atoms with Crippen molar-refractivity contribution in [2.75, 3.05) is 59.4 Å². The minimum absolute atomic E-state index is 0.747. The number of hydrogen-bond acceptors (Lipinski definition) is 3. The van der Waals surface area contributed by atoms with Crippen LogP contribution in [0.25, 0.3) is 0 Å². The van der Waals surface area contributed by atoms with Gasteiger partial charge >= 0.3 is 0 Å². The average molecular weight is 366 g/mol. The minimum Gasteiger partial charge on any atom is -0.356 e. The molecule has 152 valence electrons. The average Bonchev–Trinajstić information content (AvgIpc) is 2.62. The van der Waals surface area contributed by atoms with Crippen LogP contribution in [0.1, 0.15) is 52.9 Å². The van der Waals surface area contributed by atoms with Gasteiger partial charge in [0.1, 0.15) is 0 Å². The highest BCUT2D eigenvalue weighted by Gasteiger charge is 2.20. The zero-order valence-electron chi connectivity index (χ0n) is 17.8. The summed E-state index contributed by atoms with van der Waals surface area (Å²) in [5.74, 6) is 3.40.